The van der Waals surface area contributed by atoms with Crippen LogP contribution in [-0.4, -0.2) is 24.5 Å². The topological polar surface area (TPSA) is 16.1 Å². The molecule has 1 fully saturated rings. The number of nitrogens with zero attached hydrogens (tertiary/aromatic N) is 2. The Morgan fingerprint density at radius 3 is 2.41 bits per heavy atom. The summed E-state index contributed by atoms with van der Waals surface area (Å²) in [5.41, 5.74) is -1.00. The molecule has 0 amide bonds. The first-order valence-electron chi connectivity index (χ1n) is 4.95. The molecule has 0 spiro atoms. The van der Waals surface area contributed by atoms with Gasteiger partial charge in [-0.25, -0.2) is 13.8 Å². The van der Waals surface area contributed by atoms with Gasteiger partial charge in [0.2, 0.25) is 6.43 Å². The molecule has 0 radical (unpaired) electrons. The lowest BCUT2D eigenvalue weighted by molar-refractivity contribution is -0.141. The summed E-state index contributed by atoms with van der Waals surface area (Å²) in [6.45, 7) is 0.0952. The molecule has 0 N–H and O–H groups in total. The van der Waals surface area contributed by atoms with Gasteiger partial charge in [-0.15, -0.1) is 0 Å². The van der Waals surface area contributed by atoms with Gasteiger partial charge in [-0.1, -0.05) is 6.07 Å². The average molecular weight is 252 g/mol. The zero-order valence-electron chi connectivity index (χ0n) is 8.59. The van der Waals surface area contributed by atoms with Gasteiger partial charge in [0.15, 0.2) is 0 Å². The molecule has 17 heavy (non-hydrogen) atoms. The summed E-state index contributed by atoms with van der Waals surface area (Å²) in [5.74, 6) is -0.678. The van der Waals surface area contributed by atoms with Crippen LogP contribution in [-0.2, 0) is 6.18 Å². The van der Waals surface area contributed by atoms with Crippen molar-refractivity contribution < 1.29 is 22.0 Å². The Hall–Kier alpha value is -1.40. The minimum atomic E-state index is -4.51. The standard InChI is InChI=1S/C10H9F5N2/c11-9(12)6-4-17(5-6)8-3-1-2-7(16-8)10(13,14)15/h1-3,6,9H,4-5H2. The SMILES string of the molecule is FC(F)C1CN(c2cccc(C(F)(F)F)n2)C1. The van der Waals surface area contributed by atoms with Gasteiger partial charge in [-0.2, -0.15) is 13.2 Å². The van der Waals surface area contributed by atoms with E-state index in [0.29, 0.717) is 0 Å². The Morgan fingerprint density at radius 2 is 1.88 bits per heavy atom. The van der Waals surface area contributed by atoms with Crippen molar-refractivity contribution in [1.82, 2.24) is 4.98 Å². The first kappa shape index (κ1) is 12.1. The molecule has 1 saturated heterocycles. The molecule has 2 heterocycles. The third-order valence-corrected chi connectivity index (χ3v) is 2.61. The van der Waals surface area contributed by atoms with Crippen LogP contribution >= 0.6 is 0 Å². The number of hydrogen-bond acceptors (Lipinski definition) is 2. The van der Waals surface area contributed by atoms with E-state index in [1.54, 1.807) is 0 Å². The van der Waals surface area contributed by atoms with Gasteiger partial charge in [0.05, 0.1) is 5.92 Å². The molecule has 0 unspecified atom stereocenters. The van der Waals surface area contributed by atoms with Crippen molar-refractivity contribution in [3.05, 3.63) is 23.9 Å². The summed E-state index contributed by atoms with van der Waals surface area (Å²) in [6.07, 6.45) is -6.94. The average Bonchev–Trinajstić information content (AvgIpc) is 2.13. The van der Waals surface area contributed by atoms with Crippen molar-refractivity contribution in [2.75, 3.05) is 18.0 Å². The zero-order chi connectivity index (χ0) is 12.6. The highest BCUT2D eigenvalue weighted by molar-refractivity contribution is 5.42. The minimum absolute atomic E-state index is 0.0476. The van der Waals surface area contributed by atoms with Gasteiger partial charge in [0.1, 0.15) is 11.5 Å². The third-order valence-electron chi connectivity index (χ3n) is 2.61. The molecule has 0 aliphatic carbocycles. The number of alkyl halides is 5. The molecule has 0 saturated carbocycles. The van der Waals surface area contributed by atoms with E-state index in [1.807, 2.05) is 0 Å². The second kappa shape index (κ2) is 4.12. The molecule has 0 atom stereocenters. The third kappa shape index (κ3) is 2.48. The fourth-order valence-electron chi connectivity index (χ4n) is 1.62. The predicted molar refractivity (Wildman–Crippen MR) is 50.9 cm³/mol. The fourth-order valence-corrected chi connectivity index (χ4v) is 1.62. The lowest BCUT2D eigenvalue weighted by Gasteiger charge is -2.39. The maximum absolute atomic E-state index is 12.4. The summed E-state index contributed by atoms with van der Waals surface area (Å²) >= 11 is 0. The Morgan fingerprint density at radius 1 is 1.24 bits per heavy atom. The molecule has 7 heteroatoms. The normalized spacial score (nSPS) is 17.4. The second-order valence-corrected chi connectivity index (χ2v) is 3.88. The van der Waals surface area contributed by atoms with E-state index in [0.717, 1.165) is 6.07 Å². The van der Waals surface area contributed by atoms with Crippen molar-refractivity contribution in [2.45, 2.75) is 12.6 Å². The highest BCUT2D eigenvalue weighted by Gasteiger charge is 2.36. The van der Waals surface area contributed by atoms with Gasteiger partial charge in [0, 0.05) is 13.1 Å². The molecule has 0 aromatic carbocycles. The molecule has 94 valence electrons. The van der Waals surface area contributed by atoms with E-state index in [1.165, 1.54) is 17.0 Å². The number of hydrogen-bond donors (Lipinski definition) is 0. The van der Waals surface area contributed by atoms with Crippen molar-refractivity contribution in [1.29, 1.82) is 0 Å². The number of aromatic nitrogens is 1. The Kier molecular flexibility index (Phi) is 2.92. The molecule has 2 rings (SSSR count). The highest BCUT2D eigenvalue weighted by atomic mass is 19.4. The predicted octanol–water partition coefficient (Wildman–Crippen LogP) is 2.80. The van der Waals surface area contributed by atoms with Crippen molar-refractivity contribution in [3.8, 4) is 0 Å². The van der Waals surface area contributed by atoms with Crippen LogP contribution in [0.4, 0.5) is 27.8 Å². The van der Waals surface area contributed by atoms with Crippen LogP contribution in [0, 0.1) is 5.92 Å². The van der Waals surface area contributed by atoms with Crippen LogP contribution in [0.1, 0.15) is 5.69 Å². The molecule has 1 aromatic heterocycles. The van der Waals surface area contributed by atoms with Crippen LogP contribution in [0.2, 0.25) is 0 Å². The number of halogens is 5. The highest BCUT2D eigenvalue weighted by Crippen LogP contribution is 2.31. The second-order valence-electron chi connectivity index (χ2n) is 3.88. The van der Waals surface area contributed by atoms with E-state index in [9.17, 15) is 22.0 Å². The first-order valence-corrected chi connectivity index (χ1v) is 4.95. The van der Waals surface area contributed by atoms with Gasteiger partial charge >= 0.3 is 6.18 Å². The number of pyridine rings is 1. The Labute approximate surface area is 94.1 Å². The Balaban J connectivity index is 2.09. The summed E-state index contributed by atoms with van der Waals surface area (Å²) in [5, 5.41) is 0. The van der Waals surface area contributed by atoms with Crippen molar-refractivity contribution in [2.24, 2.45) is 5.92 Å². The molecule has 2 nitrogen and oxygen atoms in total. The molecular formula is C10H9F5N2. The summed E-state index contributed by atoms with van der Waals surface area (Å²) in [6, 6.07) is 3.46. The van der Waals surface area contributed by atoms with Gasteiger partial charge in [0.25, 0.3) is 0 Å². The van der Waals surface area contributed by atoms with Crippen LogP contribution in [0.5, 0.6) is 0 Å². The van der Waals surface area contributed by atoms with Crippen LogP contribution < -0.4 is 4.90 Å². The smallest absolute Gasteiger partial charge is 0.355 e. The van der Waals surface area contributed by atoms with E-state index < -0.39 is 24.2 Å². The monoisotopic (exact) mass is 252 g/mol. The van der Waals surface area contributed by atoms with Crippen LogP contribution in [0.3, 0.4) is 0 Å². The summed E-state index contributed by atoms with van der Waals surface area (Å²) < 4.78 is 61.5. The zero-order valence-corrected chi connectivity index (χ0v) is 8.59. The largest absolute Gasteiger partial charge is 0.433 e. The number of anilines is 1. The van der Waals surface area contributed by atoms with E-state index in [2.05, 4.69) is 4.98 Å². The van der Waals surface area contributed by atoms with Crippen molar-refractivity contribution in [3.63, 3.8) is 0 Å². The minimum Gasteiger partial charge on any atom is -0.355 e. The van der Waals surface area contributed by atoms with Crippen molar-refractivity contribution >= 4 is 5.82 Å². The molecule has 1 aliphatic heterocycles. The first-order chi connectivity index (χ1) is 7.88. The van der Waals surface area contributed by atoms with E-state index >= 15 is 0 Å². The van der Waals surface area contributed by atoms with Gasteiger partial charge < -0.3 is 4.90 Å². The summed E-state index contributed by atoms with van der Waals surface area (Å²) in [4.78, 5) is 4.82. The fraction of sp³-hybridized carbons (Fsp3) is 0.500. The molecular weight excluding hydrogens is 243 g/mol. The Bertz CT molecular complexity index is 398. The molecule has 1 aliphatic rings. The molecule has 1 aromatic rings. The van der Waals surface area contributed by atoms with E-state index in [-0.39, 0.29) is 18.9 Å². The lowest BCUT2D eigenvalue weighted by Crippen LogP contribution is -2.50. The quantitative estimate of drug-likeness (QED) is 0.752. The van der Waals surface area contributed by atoms with Gasteiger partial charge in [-0.05, 0) is 12.1 Å². The van der Waals surface area contributed by atoms with Gasteiger partial charge in [-0.3, -0.25) is 0 Å². The number of rotatable bonds is 2. The molecule has 0 bridgehead atoms. The van der Waals surface area contributed by atoms with Crippen LogP contribution in [0.15, 0.2) is 18.2 Å². The van der Waals surface area contributed by atoms with Crippen LogP contribution in [0.25, 0.3) is 0 Å². The van der Waals surface area contributed by atoms with E-state index in [4.69, 9.17) is 0 Å². The maximum atomic E-state index is 12.4. The maximum Gasteiger partial charge on any atom is 0.433 e. The summed E-state index contributed by atoms with van der Waals surface area (Å²) in [7, 11) is 0. The lowest BCUT2D eigenvalue weighted by atomic mass is 10.0.